The third-order valence-corrected chi connectivity index (χ3v) is 3.57. The van der Waals surface area contributed by atoms with E-state index in [0.29, 0.717) is 18.0 Å². The highest BCUT2D eigenvalue weighted by Crippen LogP contribution is 2.27. The normalized spacial score (nSPS) is 10.9. The minimum Gasteiger partial charge on any atom is -0.301 e. The van der Waals surface area contributed by atoms with Crippen molar-refractivity contribution < 1.29 is 4.79 Å². The van der Waals surface area contributed by atoms with Crippen molar-refractivity contribution in [1.82, 2.24) is 4.98 Å². The summed E-state index contributed by atoms with van der Waals surface area (Å²) in [6.07, 6.45) is 1.02. The molecule has 0 unspecified atom stereocenters. The van der Waals surface area contributed by atoms with Crippen LogP contribution < -0.4 is 5.32 Å². The number of rotatable bonds is 4. The van der Waals surface area contributed by atoms with E-state index in [-0.39, 0.29) is 5.91 Å². The van der Waals surface area contributed by atoms with Crippen molar-refractivity contribution in [1.29, 1.82) is 5.26 Å². The van der Waals surface area contributed by atoms with Crippen molar-refractivity contribution in [3.05, 3.63) is 11.1 Å². The van der Waals surface area contributed by atoms with E-state index in [1.54, 1.807) is 0 Å². The van der Waals surface area contributed by atoms with Gasteiger partial charge < -0.3 is 5.32 Å². The molecule has 0 saturated carbocycles. The molecule has 1 aromatic heterocycles. The Morgan fingerprint density at radius 3 is 2.62 bits per heavy atom. The maximum atomic E-state index is 12.0. The minimum absolute atomic E-state index is 0.255. The Hall–Kier alpha value is -1.41. The SMILES string of the molecule is CCC(C#N)(CC)C(=O)Nc1nc(C)cs1. The van der Waals surface area contributed by atoms with Crippen LogP contribution in [0.2, 0.25) is 0 Å². The van der Waals surface area contributed by atoms with Gasteiger partial charge in [-0.15, -0.1) is 11.3 Å². The molecule has 0 spiro atoms. The molecule has 4 nitrogen and oxygen atoms in total. The molecule has 5 heteroatoms. The predicted molar refractivity (Wildman–Crippen MR) is 64.1 cm³/mol. The van der Waals surface area contributed by atoms with Gasteiger partial charge in [0.1, 0.15) is 5.41 Å². The highest BCUT2D eigenvalue weighted by Gasteiger charge is 2.35. The van der Waals surface area contributed by atoms with Crippen LogP contribution in [0, 0.1) is 23.7 Å². The molecule has 0 saturated heterocycles. The molecule has 0 radical (unpaired) electrons. The minimum atomic E-state index is -0.931. The van der Waals surface area contributed by atoms with Crippen LogP contribution >= 0.6 is 11.3 Å². The lowest BCUT2D eigenvalue weighted by Crippen LogP contribution is -2.33. The van der Waals surface area contributed by atoms with Gasteiger partial charge in [-0.3, -0.25) is 4.79 Å². The zero-order chi connectivity index (χ0) is 12.2. The number of carbonyl (C=O) groups excluding carboxylic acids is 1. The molecule has 0 aliphatic carbocycles. The van der Waals surface area contributed by atoms with Crippen LogP contribution in [0.5, 0.6) is 0 Å². The van der Waals surface area contributed by atoms with E-state index in [2.05, 4.69) is 16.4 Å². The van der Waals surface area contributed by atoms with Crippen molar-refractivity contribution in [2.45, 2.75) is 33.6 Å². The maximum absolute atomic E-state index is 12.0. The van der Waals surface area contributed by atoms with Crippen LogP contribution in [-0.4, -0.2) is 10.9 Å². The molecule has 0 aliphatic rings. The molecule has 0 aromatic carbocycles. The molecule has 16 heavy (non-hydrogen) atoms. The highest BCUT2D eigenvalue weighted by atomic mass is 32.1. The molecule has 0 fully saturated rings. The van der Waals surface area contributed by atoms with E-state index in [9.17, 15) is 4.79 Å². The van der Waals surface area contributed by atoms with Crippen LogP contribution in [0.4, 0.5) is 5.13 Å². The lowest BCUT2D eigenvalue weighted by atomic mass is 9.83. The van der Waals surface area contributed by atoms with Crippen molar-refractivity contribution in [2.75, 3.05) is 5.32 Å². The lowest BCUT2D eigenvalue weighted by molar-refractivity contribution is -0.123. The second-order valence-corrected chi connectivity index (χ2v) is 4.51. The first-order chi connectivity index (χ1) is 7.57. The second-order valence-electron chi connectivity index (χ2n) is 3.65. The zero-order valence-corrected chi connectivity index (χ0v) is 10.5. The van der Waals surface area contributed by atoms with Gasteiger partial charge in [0.15, 0.2) is 5.13 Å². The summed E-state index contributed by atoms with van der Waals surface area (Å²) in [5, 5.41) is 14.2. The molecule has 1 amide bonds. The molecule has 0 aliphatic heterocycles. The Balaban J connectivity index is 2.82. The fraction of sp³-hybridized carbons (Fsp3) is 0.545. The van der Waals surface area contributed by atoms with Gasteiger partial charge in [0.05, 0.1) is 11.8 Å². The molecular weight excluding hydrogens is 222 g/mol. The standard InChI is InChI=1S/C11H15N3OS/c1-4-11(5-2,7-12)9(15)14-10-13-8(3)6-16-10/h6H,4-5H2,1-3H3,(H,13,14,15). The number of thiazole rings is 1. The summed E-state index contributed by atoms with van der Waals surface area (Å²) >= 11 is 1.37. The molecule has 1 N–H and O–H groups in total. The van der Waals surface area contributed by atoms with Crippen LogP contribution in [-0.2, 0) is 4.79 Å². The number of nitrogens with one attached hydrogen (secondary N) is 1. The summed E-state index contributed by atoms with van der Waals surface area (Å²) in [7, 11) is 0. The number of carbonyl (C=O) groups is 1. The average molecular weight is 237 g/mol. The fourth-order valence-electron chi connectivity index (χ4n) is 1.41. The van der Waals surface area contributed by atoms with E-state index in [1.165, 1.54) is 11.3 Å². The van der Waals surface area contributed by atoms with Crippen LogP contribution in [0.25, 0.3) is 0 Å². The summed E-state index contributed by atoms with van der Waals surface area (Å²) < 4.78 is 0. The summed E-state index contributed by atoms with van der Waals surface area (Å²) in [5.41, 5.74) is -0.0598. The molecule has 86 valence electrons. The molecule has 1 heterocycles. The second kappa shape index (κ2) is 5.08. The highest BCUT2D eigenvalue weighted by molar-refractivity contribution is 7.13. The van der Waals surface area contributed by atoms with Gasteiger partial charge in [0, 0.05) is 5.38 Å². The number of nitriles is 1. The fourth-order valence-corrected chi connectivity index (χ4v) is 2.09. The first kappa shape index (κ1) is 12.7. The van der Waals surface area contributed by atoms with Gasteiger partial charge in [-0.1, -0.05) is 13.8 Å². The number of hydrogen-bond donors (Lipinski definition) is 1. The van der Waals surface area contributed by atoms with Crippen LogP contribution in [0.1, 0.15) is 32.4 Å². The summed E-state index contributed by atoms with van der Waals surface area (Å²) in [4.78, 5) is 16.1. The first-order valence-corrected chi connectivity index (χ1v) is 6.10. The maximum Gasteiger partial charge on any atom is 0.246 e. The van der Waals surface area contributed by atoms with E-state index < -0.39 is 5.41 Å². The van der Waals surface area contributed by atoms with Crippen LogP contribution in [0.3, 0.4) is 0 Å². The zero-order valence-electron chi connectivity index (χ0n) is 9.70. The number of aromatic nitrogens is 1. The van der Waals surface area contributed by atoms with Gasteiger partial charge in [-0.25, -0.2) is 4.98 Å². The van der Waals surface area contributed by atoms with E-state index in [1.807, 2.05) is 26.2 Å². The summed E-state index contributed by atoms with van der Waals surface area (Å²) in [5.74, 6) is -0.255. The Bertz CT molecular complexity index is 415. The molecular formula is C11H15N3OS. The smallest absolute Gasteiger partial charge is 0.246 e. The predicted octanol–water partition coefficient (Wildman–Crippen LogP) is 2.72. The number of amides is 1. The van der Waals surface area contributed by atoms with Gasteiger partial charge in [0.2, 0.25) is 5.91 Å². The van der Waals surface area contributed by atoms with Crippen LogP contribution in [0.15, 0.2) is 5.38 Å². The Morgan fingerprint density at radius 1 is 1.62 bits per heavy atom. The molecule has 1 aromatic rings. The van der Waals surface area contributed by atoms with E-state index in [4.69, 9.17) is 5.26 Å². The summed E-state index contributed by atoms with van der Waals surface area (Å²) in [6.45, 7) is 5.56. The quantitative estimate of drug-likeness (QED) is 0.875. The number of anilines is 1. The molecule has 0 atom stereocenters. The largest absolute Gasteiger partial charge is 0.301 e. The first-order valence-electron chi connectivity index (χ1n) is 5.22. The molecule has 0 bridgehead atoms. The Kier molecular flexibility index (Phi) is 4.02. The number of nitrogens with zero attached hydrogens (tertiary/aromatic N) is 2. The monoisotopic (exact) mass is 237 g/mol. The van der Waals surface area contributed by atoms with E-state index >= 15 is 0 Å². The average Bonchev–Trinajstić information content (AvgIpc) is 2.67. The van der Waals surface area contributed by atoms with Gasteiger partial charge >= 0.3 is 0 Å². The third kappa shape index (κ3) is 2.39. The lowest BCUT2D eigenvalue weighted by Gasteiger charge is -2.21. The van der Waals surface area contributed by atoms with Gasteiger partial charge in [-0.2, -0.15) is 5.26 Å². The van der Waals surface area contributed by atoms with E-state index in [0.717, 1.165) is 5.69 Å². The molecule has 1 rings (SSSR count). The number of aryl methyl sites for hydroxylation is 1. The van der Waals surface area contributed by atoms with Crippen molar-refractivity contribution in [3.63, 3.8) is 0 Å². The van der Waals surface area contributed by atoms with Crippen molar-refractivity contribution >= 4 is 22.4 Å². The summed E-state index contributed by atoms with van der Waals surface area (Å²) in [6, 6.07) is 2.11. The van der Waals surface area contributed by atoms with Crippen molar-refractivity contribution in [2.24, 2.45) is 5.41 Å². The third-order valence-electron chi connectivity index (χ3n) is 2.70. The Morgan fingerprint density at radius 2 is 2.25 bits per heavy atom. The van der Waals surface area contributed by atoms with Crippen molar-refractivity contribution in [3.8, 4) is 6.07 Å². The van der Waals surface area contributed by atoms with Gasteiger partial charge in [-0.05, 0) is 19.8 Å². The Labute approximate surface area is 99.3 Å². The van der Waals surface area contributed by atoms with Gasteiger partial charge in [0.25, 0.3) is 0 Å². The topological polar surface area (TPSA) is 65.8 Å². The number of hydrogen-bond acceptors (Lipinski definition) is 4.